The number of hydrogen-bond donors (Lipinski definition) is 3. The Morgan fingerprint density at radius 3 is 2.22 bits per heavy atom. The molecule has 0 aliphatic carbocycles. The molecule has 0 unspecified atom stereocenters. The smallest absolute Gasteiger partial charge is 0.319 e. The normalized spacial score (nSPS) is 13.7. The number of benzene rings is 3. The van der Waals surface area contributed by atoms with E-state index in [1.165, 1.54) is 20.0 Å². The van der Waals surface area contributed by atoms with Crippen LogP contribution in [0.5, 0.6) is 23.0 Å². The number of amides is 3. The number of hydrogen-bond acceptors (Lipinski definition) is 6. The number of nitrogens with one attached hydrogen (secondary N) is 3. The summed E-state index contributed by atoms with van der Waals surface area (Å²) in [5.74, 6) is 1.83. The van der Waals surface area contributed by atoms with E-state index in [2.05, 4.69) is 27.8 Å². The molecular formula is C35H45ClN4O5. The quantitative estimate of drug-likeness (QED) is 0.164. The molecule has 0 atom stereocenters. The molecule has 45 heavy (non-hydrogen) atoms. The summed E-state index contributed by atoms with van der Waals surface area (Å²) in [6.07, 6.45) is 6.21. The molecular weight excluding hydrogens is 592 g/mol. The summed E-state index contributed by atoms with van der Waals surface area (Å²) in [6, 6.07) is 17.2. The summed E-state index contributed by atoms with van der Waals surface area (Å²) in [5.41, 5.74) is 1.63. The average molecular weight is 637 g/mol. The maximum atomic E-state index is 13.0. The van der Waals surface area contributed by atoms with Crippen LogP contribution < -0.4 is 30.2 Å². The second kappa shape index (κ2) is 16.9. The highest BCUT2D eigenvalue weighted by Crippen LogP contribution is 2.34. The number of urea groups is 1. The molecule has 10 heteroatoms. The van der Waals surface area contributed by atoms with Crippen molar-refractivity contribution in [3.63, 3.8) is 0 Å². The van der Waals surface area contributed by atoms with Crippen molar-refractivity contribution < 1.29 is 23.8 Å². The van der Waals surface area contributed by atoms with Crippen molar-refractivity contribution in [2.75, 3.05) is 37.4 Å². The Morgan fingerprint density at radius 2 is 1.58 bits per heavy atom. The Labute approximate surface area is 271 Å². The Morgan fingerprint density at radius 1 is 0.889 bits per heavy atom. The Bertz CT molecular complexity index is 1410. The van der Waals surface area contributed by atoms with Crippen molar-refractivity contribution in [1.29, 1.82) is 0 Å². The van der Waals surface area contributed by atoms with E-state index in [0.29, 0.717) is 45.0 Å². The van der Waals surface area contributed by atoms with Gasteiger partial charge in [0.2, 0.25) is 0 Å². The van der Waals surface area contributed by atoms with E-state index in [9.17, 15) is 9.59 Å². The number of nitrogens with zero attached hydrogens (tertiary/aromatic N) is 1. The fourth-order valence-corrected chi connectivity index (χ4v) is 5.39. The molecule has 1 aliphatic heterocycles. The first-order chi connectivity index (χ1) is 21.8. The van der Waals surface area contributed by atoms with Crippen LogP contribution in [0.4, 0.5) is 16.2 Å². The van der Waals surface area contributed by atoms with Crippen molar-refractivity contribution in [3.05, 3.63) is 71.2 Å². The van der Waals surface area contributed by atoms with Crippen LogP contribution in [0.1, 0.15) is 69.7 Å². The lowest BCUT2D eigenvalue weighted by Crippen LogP contribution is -2.38. The number of likely N-dealkylation sites (tertiary alicyclic amines) is 1. The monoisotopic (exact) mass is 636 g/mol. The van der Waals surface area contributed by atoms with Crippen LogP contribution in [0.25, 0.3) is 0 Å². The van der Waals surface area contributed by atoms with Crippen LogP contribution in [0.3, 0.4) is 0 Å². The van der Waals surface area contributed by atoms with Gasteiger partial charge in [-0.05, 0) is 93.2 Å². The molecule has 0 radical (unpaired) electrons. The Hall–Kier alpha value is -3.95. The molecule has 242 valence electrons. The number of rotatable bonds is 14. The van der Waals surface area contributed by atoms with Gasteiger partial charge in [0.15, 0.2) is 11.5 Å². The molecule has 3 N–H and O–H groups in total. The highest BCUT2D eigenvalue weighted by Gasteiger charge is 2.21. The third-order valence-electron chi connectivity index (χ3n) is 7.93. The summed E-state index contributed by atoms with van der Waals surface area (Å²) < 4.78 is 17.7. The molecule has 0 spiro atoms. The van der Waals surface area contributed by atoms with Crippen LogP contribution in [0.15, 0.2) is 60.7 Å². The molecule has 1 aliphatic rings. The third kappa shape index (κ3) is 10.0. The second-order valence-electron chi connectivity index (χ2n) is 11.2. The van der Waals surface area contributed by atoms with Crippen molar-refractivity contribution in [2.24, 2.45) is 0 Å². The number of carbonyl (C=O) groups is 2. The molecule has 0 aromatic heterocycles. The molecule has 3 aromatic carbocycles. The van der Waals surface area contributed by atoms with Gasteiger partial charge in [-0.2, -0.15) is 0 Å². The maximum absolute atomic E-state index is 13.0. The van der Waals surface area contributed by atoms with Gasteiger partial charge >= 0.3 is 6.03 Å². The van der Waals surface area contributed by atoms with Crippen molar-refractivity contribution in [3.8, 4) is 23.0 Å². The predicted octanol–water partition coefficient (Wildman–Crippen LogP) is 8.35. The van der Waals surface area contributed by atoms with Crippen molar-refractivity contribution in [1.82, 2.24) is 10.2 Å². The van der Waals surface area contributed by atoms with E-state index < -0.39 is 0 Å². The van der Waals surface area contributed by atoms with Crippen LogP contribution in [-0.4, -0.2) is 55.7 Å². The zero-order valence-electron chi connectivity index (χ0n) is 26.7. The number of halogens is 1. The Kier molecular flexibility index (Phi) is 12.8. The van der Waals surface area contributed by atoms with E-state index in [1.807, 2.05) is 13.8 Å². The minimum atomic E-state index is -0.278. The average Bonchev–Trinajstić information content (AvgIpc) is 3.05. The number of piperidine rings is 1. The maximum Gasteiger partial charge on any atom is 0.319 e. The molecule has 3 aromatic rings. The minimum Gasteiger partial charge on any atom is -0.493 e. The summed E-state index contributed by atoms with van der Waals surface area (Å²) >= 11 is 6.52. The van der Waals surface area contributed by atoms with E-state index in [4.69, 9.17) is 25.8 Å². The molecule has 1 heterocycles. The van der Waals surface area contributed by atoms with Gasteiger partial charge in [-0.25, -0.2) is 4.79 Å². The molecule has 1 fully saturated rings. The fourth-order valence-electron chi connectivity index (χ4n) is 5.16. The summed E-state index contributed by atoms with van der Waals surface area (Å²) in [6.45, 7) is 9.49. The molecule has 0 saturated carbocycles. The number of ether oxygens (including phenoxy) is 3. The van der Waals surface area contributed by atoms with Gasteiger partial charge in [-0.1, -0.05) is 38.8 Å². The van der Waals surface area contributed by atoms with Crippen LogP contribution in [-0.2, 0) is 0 Å². The number of anilines is 2. The van der Waals surface area contributed by atoms with E-state index >= 15 is 0 Å². The predicted molar refractivity (Wildman–Crippen MR) is 180 cm³/mol. The highest BCUT2D eigenvalue weighted by molar-refractivity contribution is 6.32. The SMILES string of the molecule is CCCCN1CCC(Oc2ccc(C(=O)Nc3ccc(Oc4ccc(NC(=O)NC(CC)CC)cc4OC)cc3)cc2Cl)CC1. The van der Waals surface area contributed by atoms with Crippen LogP contribution >= 0.6 is 11.6 Å². The van der Waals surface area contributed by atoms with Crippen LogP contribution in [0.2, 0.25) is 5.02 Å². The van der Waals surface area contributed by atoms with Crippen LogP contribution in [0, 0.1) is 0 Å². The van der Waals surface area contributed by atoms with Crippen molar-refractivity contribution in [2.45, 2.75) is 71.4 Å². The zero-order valence-corrected chi connectivity index (χ0v) is 27.4. The van der Waals surface area contributed by atoms with Gasteiger partial charge in [0, 0.05) is 42.1 Å². The van der Waals surface area contributed by atoms with Gasteiger partial charge in [0.1, 0.15) is 17.6 Å². The van der Waals surface area contributed by atoms with Crippen molar-refractivity contribution >= 4 is 34.9 Å². The number of carbonyl (C=O) groups excluding carboxylic acids is 2. The van der Waals surface area contributed by atoms with Gasteiger partial charge < -0.3 is 35.1 Å². The fraction of sp³-hybridized carbons (Fsp3) is 0.429. The molecule has 0 bridgehead atoms. The Balaban J connectivity index is 1.30. The van der Waals surface area contributed by atoms with Gasteiger partial charge in [-0.15, -0.1) is 0 Å². The number of unbranched alkanes of at least 4 members (excludes halogenated alkanes) is 1. The summed E-state index contributed by atoms with van der Waals surface area (Å²) in [7, 11) is 1.54. The third-order valence-corrected chi connectivity index (χ3v) is 8.23. The first kappa shape index (κ1) is 33.9. The standard InChI is InChI=1S/C35H45ClN4O5/c1-5-8-19-40-20-17-29(18-21-40)44-31-15-9-24(22-30(31)36)34(41)37-26-10-13-28(14-11-26)45-32-16-12-27(23-33(32)43-4)39-35(42)38-25(6-2)7-3/h9-16,22-23,25,29H,5-8,17-21H2,1-4H3,(H,37,41)(H2,38,39,42). The largest absolute Gasteiger partial charge is 0.493 e. The lowest BCUT2D eigenvalue weighted by atomic mass is 10.1. The molecule has 1 saturated heterocycles. The second-order valence-corrected chi connectivity index (χ2v) is 11.6. The highest BCUT2D eigenvalue weighted by atomic mass is 35.5. The van der Waals surface area contributed by atoms with Gasteiger partial charge in [0.25, 0.3) is 5.91 Å². The molecule has 9 nitrogen and oxygen atoms in total. The molecule has 4 rings (SSSR count). The van der Waals surface area contributed by atoms with Gasteiger partial charge in [-0.3, -0.25) is 4.79 Å². The lowest BCUT2D eigenvalue weighted by Gasteiger charge is -2.32. The van der Waals surface area contributed by atoms with E-state index in [-0.39, 0.29) is 24.1 Å². The lowest BCUT2D eigenvalue weighted by molar-refractivity contribution is 0.0997. The van der Waals surface area contributed by atoms with E-state index in [0.717, 1.165) is 45.3 Å². The minimum absolute atomic E-state index is 0.119. The zero-order chi connectivity index (χ0) is 32.2. The van der Waals surface area contributed by atoms with Gasteiger partial charge in [0.05, 0.1) is 12.1 Å². The van der Waals surface area contributed by atoms with E-state index in [1.54, 1.807) is 60.7 Å². The number of methoxy groups -OCH3 is 1. The first-order valence-electron chi connectivity index (χ1n) is 15.8. The summed E-state index contributed by atoms with van der Waals surface area (Å²) in [5, 5.41) is 9.10. The summed E-state index contributed by atoms with van der Waals surface area (Å²) in [4.78, 5) is 27.8. The first-order valence-corrected chi connectivity index (χ1v) is 16.2. The topological polar surface area (TPSA) is 101 Å². The molecule has 3 amide bonds.